The number of hydrogen-bond acceptors (Lipinski definition) is 5. The Balaban J connectivity index is 1.61. The van der Waals surface area contributed by atoms with Crippen molar-refractivity contribution in [2.24, 2.45) is 0 Å². The fourth-order valence-corrected chi connectivity index (χ4v) is 3.24. The van der Waals surface area contributed by atoms with Crippen molar-refractivity contribution in [3.8, 4) is 17.2 Å². The van der Waals surface area contributed by atoms with E-state index in [2.05, 4.69) is 15.4 Å². The number of nitrogens with zero attached hydrogens (tertiary/aromatic N) is 3. The van der Waals surface area contributed by atoms with E-state index in [0.717, 1.165) is 24.3 Å². The monoisotopic (exact) mass is 509 g/mol. The van der Waals surface area contributed by atoms with Gasteiger partial charge >= 0.3 is 6.18 Å². The molecule has 0 bridgehead atoms. The van der Waals surface area contributed by atoms with E-state index in [0.29, 0.717) is 6.20 Å². The minimum absolute atomic E-state index is 0.0187. The second-order valence-electron chi connectivity index (χ2n) is 6.98. The van der Waals surface area contributed by atoms with Gasteiger partial charge in [0.15, 0.2) is 23.0 Å². The molecular weight excluding hydrogens is 497 g/mol. The fourth-order valence-electron chi connectivity index (χ4n) is 3.09. The highest BCUT2D eigenvalue weighted by Crippen LogP contribution is 2.36. The quantitative estimate of drug-likeness (QED) is 0.329. The zero-order valence-electron chi connectivity index (χ0n) is 17.3. The van der Waals surface area contributed by atoms with Gasteiger partial charge in [0.1, 0.15) is 22.3 Å². The summed E-state index contributed by atoms with van der Waals surface area (Å²) in [5.41, 5.74) is 2.51. The van der Waals surface area contributed by atoms with Gasteiger partial charge in [-0.25, -0.2) is 18.4 Å². The Labute approximate surface area is 198 Å². The van der Waals surface area contributed by atoms with E-state index < -0.39 is 40.7 Å². The van der Waals surface area contributed by atoms with Gasteiger partial charge < -0.3 is 15.8 Å². The first-order valence-electron chi connectivity index (χ1n) is 9.65. The van der Waals surface area contributed by atoms with Crippen LogP contribution in [-0.2, 0) is 6.18 Å². The molecule has 7 nitrogen and oxygen atoms in total. The number of pyridine rings is 1. The maximum Gasteiger partial charge on any atom is 0.434 e. The molecule has 2 aromatic carbocycles. The number of hydrogen-bond donors (Lipinski definition) is 2. The number of aromatic nitrogens is 3. The number of halogens is 6. The van der Waals surface area contributed by atoms with Crippen LogP contribution < -0.4 is 15.8 Å². The number of nitrogen functional groups attached to an aromatic ring is 1. The molecule has 4 rings (SSSR count). The number of rotatable bonds is 5. The predicted molar refractivity (Wildman–Crippen MR) is 117 cm³/mol. The van der Waals surface area contributed by atoms with Crippen molar-refractivity contribution in [1.82, 2.24) is 14.8 Å². The van der Waals surface area contributed by atoms with E-state index in [4.69, 9.17) is 22.1 Å². The van der Waals surface area contributed by atoms with Gasteiger partial charge in [-0.15, -0.1) is 0 Å². The van der Waals surface area contributed by atoms with Gasteiger partial charge in [0, 0.05) is 24.0 Å². The number of carbonyl (C=O) groups excluding carboxylic acids is 1. The first-order valence-corrected chi connectivity index (χ1v) is 10.0. The molecule has 0 aliphatic heterocycles. The molecule has 0 spiro atoms. The Morgan fingerprint density at radius 1 is 1.06 bits per heavy atom. The summed E-state index contributed by atoms with van der Waals surface area (Å²) >= 11 is 5.96. The summed E-state index contributed by atoms with van der Waals surface area (Å²) in [6.07, 6.45) is -3.11. The Hall–Kier alpha value is -4.19. The van der Waals surface area contributed by atoms with Crippen LogP contribution in [0.1, 0.15) is 16.1 Å². The largest absolute Gasteiger partial charge is 0.453 e. The minimum atomic E-state index is -5.06. The zero-order valence-corrected chi connectivity index (χ0v) is 18.0. The Morgan fingerprint density at radius 2 is 1.80 bits per heavy atom. The van der Waals surface area contributed by atoms with Crippen molar-refractivity contribution in [3.05, 3.63) is 88.8 Å². The molecule has 0 saturated heterocycles. The predicted octanol–water partition coefficient (Wildman–Crippen LogP) is 5.84. The molecule has 0 unspecified atom stereocenters. The first kappa shape index (κ1) is 24.0. The van der Waals surface area contributed by atoms with Crippen molar-refractivity contribution < 1.29 is 31.5 Å². The van der Waals surface area contributed by atoms with Gasteiger partial charge in [0.2, 0.25) is 0 Å². The maximum atomic E-state index is 14.6. The highest BCUT2D eigenvalue weighted by Gasteiger charge is 2.41. The highest BCUT2D eigenvalue weighted by atomic mass is 35.5. The van der Waals surface area contributed by atoms with Gasteiger partial charge in [0.05, 0.1) is 11.8 Å². The summed E-state index contributed by atoms with van der Waals surface area (Å²) in [4.78, 5) is 16.4. The Kier molecular flexibility index (Phi) is 6.31. The van der Waals surface area contributed by atoms with E-state index in [-0.39, 0.29) is 32.7 Å². The Bertz CT molecular complexity index is 1420. The van der Waals surface area contributed by atoms with E-state index >= 15 is 0 Å². The molecule has 1 amide bonds. The van der Waals surface area contributed by atoms with Crippen LogP contribution >= 0.6 is 11.6 Å². The number of nitrogens with two attached hydrogens (primary N) is 1. The van der Waals surface area contributed by atoms with Gasteiger partial charge in [-0.3, -0.25) is 4.79 Å². The molecule has 2 heterocycles. The molecule has 0 radical (unpaired) electrons. The van der Waals surface area contributed by atoms with Crippen LogP contribution in [0.4, 0.5) is 33.5 Å². The van der Waals surface area contributed by atoms with E-state index in [1.54, 1.807) is 0 Å². The first-order chi connectivity index (χ1) is 16.6. The maximum absolute atomic E-state index is 14.6. The lowest BCUT2D eigenvalue weighted by atomic mass is 10.2. The highest BCUT2D eigenvalue weighted by molar-refractivity contribution is 6.34. The summed E-state index contributed by atoms with van der Waals surface area (Å²) in [6.45, 7) is 0. The molecule has 0 fully saturated rings. The van der Waals surface area contributed by atoms with Gasteiger partial charge in [0.25, 0.3) is 5.91 Å². The van der Waals surface area contributed by atoms with Crippen molar-refractivity contribution in [2.45, 2.75) is 6.18 Å². The summed E-state index contributed by atoms with van der Waals surface area (Å²) in [7, 11) is 0. The molecule has 35 heavy (non-hydrogen) atoms. The lowest BCUT2D eigenvalue weighted by Gasteiger charge is -2.14. The van der Waals surface area contributed by atoms with Crippen molar-refractivity contribution in [1.29, 1.82) is 0 Å². The lowest BCUT2D eigenvalue weighted by molar-refractivity contribution is -0.143. The molecule has 0 atom stereocenters. The number of carbonyl (C=O) groups is 1. The number of alkyl halides is 3. The van der Waals surface area contributed by atoms with E-state index in [9.17, 15) is 26.7 Å². The van der Waals surface area contributed by atoms with Crippen LogP contribution in [-0.4, -0.2) is 20.7 Å². The summed E-state index contributed by atoms with van der Waals surface area (Å²) < 4.78 is 75.6. The summed E-state index contributed by atoms with van der Waals surface area (Å²) in [5.74, 6) is -3.47. The zero-order chi connectivity index (χ0) is 25.3. The average molecular weight is 510 g/mol. The third-order valence-corrected chi connectivity index (χ3v) is 5.03. The molecule has 13 heteroatoms. The van der Waals surface area contributed by atoms with Gasteiger partial charge in [-0.2, -0.15) is 18.3 Å². The lowest BCUT2D eigenvalue weighted by Crippen LogP contribution is -2.21. The number of anilines is 2. The van der Waals surface area contributed by atoms with Crippen LogP contribution in [0, 0.1) is 11.6 Å². The van der Waals surface area contributed by atoms with E-state index in [1.165, 1.54) is 30.5 Å². The molecule has 3 N–H and O–H groups in total. The van der Waals surface area contributed by atoms with Crippen LogP contribution in [0.5, 0.6) is 11.5 Å². The molecule has 4 aromatic rings. The smallest absolute Gasteiger partial charge is 0.434 e. The van der Waals surface area contributed by atoms with Gasteiger partial charge in [-0.05, 0) is 24.3 Å². The third-order valence-electron chi connectivity index (χ3n) is 4.65. The summed E-state index contributed by atoms with van der Waals surface area (Å²) in [6, 6.07) is 9.16. The number of nitrogens with one attached hydrogen (secondary N) is 1. The van der Waals surface area contributed by atoms with Crippen LogP contribution in [0.25, 0.3) is 5.69 Å². The summed E-state index contributed by atoms with van der Waals surface area (Å²) in [5, 5.41) is 5.66. The van der Waals surface area contributed by atoms with Crippen LogP contribution in [0.3, 0.4) is 0 Å². The second-order valence-corrected chi connectivity index (χ2v) is 7.36. The van der Waals surface area contributed by atoms with Crippen molar-refractivity contribution >= 4 is 29.0 Å². The number of amides is 1. The molecule has 0 aliphatic carbocycles. The molecular formula is C22H13ClF5N5O2. The number of para-hydroxylation sites is 1. The number of ether oxygens (including phenoxy) is 1. The average Bonchev–Trinajstić information content (AvgIpc) is 3.25. The standard InChI is InChI=1S/C22H13ClF5N5O2/c23-18-17(7-8-30-20(18)29)35-16-6-5-11(9-14(16)25)32-21(34)12-10-31-33(19(12)22(26,27)28)15-4-2-1-3-13(15)24/h1-10H,(H2,29,30)(H,32,34). The van der Waals surface area contributed by atoms with Gasteiger partial charge in [-0.1, -0.05) is 23.7 Å². The number of benzene rings is 2. The molecule has 2 aromatic heterocycles. The van der Waals surface area contributed by atoms with Crippen molar-refractivity contribution in [2.75, 3.05) is 11.1 Å². The SMILES string of the molecule is Nc1nccc(Oc2ccc(NC(=O)c3cnn(-c4ccccc4F)c3C(F)(F)F)cc2F)c1Cl. The Morgan fingerprint density at radius 3 is 2.49 bits per heavy atom. The molecule has 0 aliphatic rings. The fraction of sp³-hybridized carbons (Fsp3) is 0.0455. The second kappa shape index (κ2) is 9.22. The third kappa shape index (κ3) is 4.87. The van der Waals surface area contributed by atoms with Crippen LogP contribution in [0.15, 0.2) is 60.9 Å². The molecule has 0 saturated carbocycles. The molecule has 180 valence electrons. The normalized spacial score (nSPS) is 11.4. The minimum Gasteiger partial charge on any atom is -0.453 e. The van der Waals surface area contributed by atoms with Crippen LogP contribution in [0.2, 0.25) is 5.02 Å². The van der Waals surface area contributed by atoms with Crippen molar-refractivity contribution in [3.63, 3.8) is 0 Å². The van der Waals surface area contributed by atoms with E-state index in [1.807, 2.05) is 0 Å². The topological polar surface area (TPSA) is 95.1 Å².